The van der Waals surface area contributed by atoms with Gasteiger partial charge in [0.15, 0.2) is 0 Å². The minimum Gasteiger partial charge on any atom is -0.478 e. The van der Waals surface area contributed by atoms with Crippen molar-refractivity contribution < 1.29 is 37.0 Å². The first kappa shape index (κ1) is 32.9. The van der Waals surface area contributed by atoms with Gasteiger partial charge < -0.3 is 14.2 Å². The first-order chi connectivity index (χ1) is 20.4. The molecule has 240 valence electrons. The minimum atomic E-state index is -4.64. The van der Waals surface area contributed by atoms with Crippen LogP contribution in [0, 0.1) is 35.5 Å². The maximum absolute atomic E-state index is 11.9. The zero-order valence-electron chi connectivity index (χ0n) is 25.4. The summed E-state index contributed by atoms with van der Waals surface area (Å²) in [4.78, 5) is 20.6. The number of aldehydes is 1. The standard InChI is InChI=1S/C17H26N2O3.C12H18N2O.C2HF3O/c1-17(2,3)22-16(20)19-10-8-15(18-19)21-11-9-14(12-4-5-12)13-6-7-13;1-2-9(1)11(10-3-4-10)6-8-15-12-5-7-13-14-12;3-2(4,5)1-6/h8,10,12-14H,4-7,9,11H2,1-3H3;5,7,9-11H,1-4,6,8H2,(H,13,14);1H. The van der Waals surface area contributed by atoms with E-state index >= 15 is 0 Å². The average molecular weight is 611 g/mol. The van der Waals surface area contributed by atoms with Gasteiger partial charge in [-0.25, -0.2) is 9.89 Å². The Morgan fingerprint density at radius 3 is 1.81 bits per heavy atom. The molecule has 1 N–H and O–H groups in total. The molecule has 43 heavy (non-hydrogen) atoms. The fourth-order valence-electron chi connectivity index (χ4n) is 5.53. The number of halogens is 3. The second-order valence-corrected chi connectivity index (χ2v) is 13.1. The van der Waals surface area contributed by atoms with E-state index < -0.39 is 24.2 Å². The van der Waals surface area contributed by atoms with Gasteiger partial charge in [-0.05, 0) is 120 Å². The fraction of sp³-hybridized carbons (Fsp3) is 0.742. The molecule has 0 amide bonds. The van der Waals surface area contributed by atoms with Crippen molar-refractivity contribution >= 4 is 12.4 Å². The highest BCUT2D eigenvalue weighted by Gasteiger charge is 2.41. The molecule has 4 saturated carbocycles. The Kier molecular flexibility index (Phi) is 11.2. The molecule has 0 atom stereocenters. The van der Waals surface area contributed by atoms with E-state index in [4.69, 9.17) is 19.0 Å². The van der Waals surface area contributed by atoms with Gasteiger partial charge in [-0.15, -0.1) is 5.10 Å². The van der Waals surface area contributed by atoms with Gasteiger partial charge in [0, 0.05) is 18.3 Å². The number of ether oxygens (including phenoxy) is 3. The summed E-state index contributed by atoms with van der Waals surface area (Å²) in [6.07, 6.45) is 10.9. The Labute approximate surface area is 251 Å². The Hall–Kier alpha value is -3.05. The van der Waals surface area contributed by atoms with E-state index in [9.17, 15) is 18.0 Å². The molecule has 2 aromatic rings. The summed E-state index contributed by atoms with van der Waals surface area (Å²) in [6.45, 7) is 7.04. The Balaban J connectivity index is 0.000000173. The lowest BCUT2D eigenvalue weighted by Crippen LogP contribution is -2.27. The fourth-order valence-corrected chi connectivity index (χ4v) is 5.53. The molecule has 2 aromatic heterocycles. The first-order valence-corrected chi connectivity index (χ1v) is 15.5. The normalized spacial score (nSPS) is 18.3. The maximum atomic E-state index is 11.9. The molecular weight excluding hydrogens is 565 g/mol. The summed E-state index contributed by atoms with van der Waals surface area (Å²) in [5.41, 5.74) is -0.522. The maximum Gasteiger partial charge on any atom is 0.446 e. The molecule has 0 aromatic carbocycles. The van der Waals surface area contributed by atoms with Crippen LogP contribution < -0.4 is 9.47 Å². The highest BCUT2D eigenvalue weighted by molar-refractivity contribution is 5.69. The molecule has 9 nitrogen and oxygen atoms in total. The van der Waals surface area contributed by atoms with Crippen LogP contribution in [0.5, 0.6) is 11.8 Å². The molecule has 4 fully saturated rings. The number of nitrogens with zero attached hydrogens (tertiary/aromatic N) is 3. The Morgan fingerprint density at radius 2 is 1.42 bits per heavy atom. The van der Waals surface area contributed by atoms with E-state index in [0.29, 0.717) is 12.5 Å². The second-order valence-electron chi connectivity index (χ2n) is 13.1. The highest BCUT2D eigenvalue weighted by Crippen LogP contribution is 2.51. The number of rotatable bonds is 12. The quantitative estimate of drug-likeness (QED) is 0.253. The van der Waals surface area contributed by atoms with Crippen LogP contribution in [0.1, 0.15) is 85.0 Å². The smallest absolute Gasteiger partial charge is 0.446 e. The number of carbonyl (C=O) groups excluding carboxylic acids is 2. The van der Waals surface area contributed by atoms with Crippen LogP contribution in [0.3, 0.4) is 0 Å². The predicted molar refractivity (Wildman–Crippen MR) is 153 cm³/mol. The predicted octanol–water partition coefficient (Wildman–Crippen LogP) is 7.23. The van der Waals surface area contributed by atoms with Gasteiger partial charge in [-0.3, -0.25) is 4.79 Å². The first-order valence-electron chi connectivity index (χ1n) is 15.5. The van der Waals surface area contributed by atoms with E-state index in [0.717, 1.165) is 54.4 Å². The molecule has 0 aliphatic heterocycles. The van der Waals surface area contributed by atoms with Crippen LogP contribution >= 0.6 is 0 Å². The summed E-state index contributed by atoms with van der Waals surface area (Å²) < 4.78 is 49.0. The van der Waals surface area contributed by atoms with Gasteiger partial charge in [0.25, 0.3) is 0 Å². The van der Waals surface area contributed by atoms with Crippen LogP contribution in [0.2, 0.25) is 0 Å². The molecule has 2 heterocycles. The van der Waals surface area contributed by atoms with Gasteiger partial charge >= 0.3 is 12.3 Å². The lowest BCUT2D eigenvalue weighted by molar-refractivity contribution is -0.156. The van der Waals surface area contributed by atoms with E-state index in [1.165, 1.54) is 62.5 Å². The van der Waals surface area contributed by atoms with Crippen LogP contribution in [0.15, 0.2) is 24.5 Å². The van der Waals surface area contributed by atoms with Crippen molar-refractivity contribution in [1.82, 2.24) is 20.0 Å². The van der Waals surface area contributed by atoms with E-state index in [-0.39, 0.29) is 0 Å². The minimum absolute atomic E-state index is 0.476. The summed E-state index contributed by atoms with van der Waals surface area (Å²) in [6, 6.07) is 3.59. The number of alkyl halides is 3. The van der Waals surface area contributed by atoms with Gasteiger partial charge in [-0.2, -0.15) is 23.0 Å². The summed E-state index contributed by atoms with van der Waals surface area (Å²) in [7, 11) is 0. The second kappa shape index (κ2) is 14.6. The summed E-state index contributed by atoms with van der Waals surface area (Å²) in [5.74, 6) is 7.04. The topological polar surface area (TPSA) is 108 Å². The average Bonchev–Trinajstić information content (AvgIpc) is 3.73. The largest absolute Gasteiger partial charge is 0.478 e. The van der Waals surface area contributed by atoms with Crippen molar-refractivity contribution in [1.29, 1.82) is 0 Å². The Bertz CT molecular complexity index is 1110. The van der Waals surface area contributed by atoms with Crippen molar-refractivity contribution in [3.63, 3.8) is 0 Å². The highest BCUT2D eigenvalue weighted by atomic mass is 19.4. The molecule has 4 aliphatic carbocycles. The van der Waals surface area contributed by atoms with Crippen LogP contribution in [0.25, 0.3) is 0 Å². The number of hydrogen-bond acceptors (Lipinski definition) is 7. The summed E-state index contributed by atoms with van der Waals surface area (Å²) in [5, 5.41) is 10.8. The molecule has 4 aliphatic rings. The number of nitrogens with one attached hydrogen (secondary N) is 1. The molecule has 0 unspecified atom stereocenters. The zero-order chi connectivity index (χ0) is 31.0. The van der Waals surface area contributed by atoms with Crippen molar-refractivity contribution in [3.8, 4) is 11.8 Å². The van der Waals surface area contributed by atoms with Gasteiger partial charge in [0.1, 0.15) is 5.60 Å². The van der Waals surface area contributed by atoms with Crippen molar-refractivity contribution in [2.24, 2.45) is 35.5 Å². The van der Waals surface area contributed by atoms with E-state index in [1.54, 1.807) is 18.5 Å². The SMILES string of the molecule is CC(C)(C)OC(=O)n1ccc(OCCC(C2CC2)C2CC2)n1.O=CC(F)(F)F.c1cc(OCCC(C2CC2)C2CC2)[nH]n1. The van der Waals surface area contributed by atoms with E-state index in [2.05, 4.69) is 15.3 Å². The molecule has 0 saturated heterocycles. The van der Waals surface area contributed by atoms with Crippen molar-refractivity contribution in [2.75, 3.05) is 13.2 Å². The van der Waals surface area contributed by atoms with Crippen LogP contribution in [-0.4, -0.2) is 57.3 Å². The third-order valence-corrected chi connectivity index (χ3v) is 8.07. The van der Waals surface area contributed by atoms with Crippen molar-refractivity contribution in [3.05, 3.63) is 24.5 Å². The van der Waals surface area contributed by atoms with Crippen molar-refractivity contribution in [2.45, 2.75) is 96.8 Å². The number of hydrogen-bond donors (Lipinski definition) is 1. The molecule has 6 rings (SSSR count). The van der Waals surface area contributed by atoms with Crippen LogP contribution in [0.4, 0.5) is 18.0 Å². The molecule has 0 bridgehead atoms. The van der Waals surface area contributed by atoms with Crippen LogP contribution in [-0.2, 0) is 9.53 Å². The molecule has 0 spiro atoms. The third-order valence-electron chi connectivity index (χ3n) is 8.07. The lowest BCUT2D eigenvalue weighted by Gasteiger charge is -2.18. The lowest BCUT2D eigenvalue weighted by atomic mass is 9.95. The number of aromatic nitrogens is 4. The molecule has 12 heteroatoms. The monoisotopic (exact) mass is 610 g/mol. The number of carbonyl (C=O) groups is 2. The number of aromatic amines is 1. The zero-order valence-corrected chi connectivity index (χ0v) is 25.4. The van der Waals surface area contributed by atoms with E-state index in [1.807, 2.05) is 26.8 Å². The van der Waals surface area contributed by atoms with Gasteiger partial charge in [0.2, 0.25) is 18.0 Å². The summed E-state index contributed by atoms with van der Waals surface area (Å²) >= 11 is 0. The van der Waals surface area contributed by atoms with Gasteiger partial charge in [0.05, 0.1) is 19.4 Å². The van der Waals surface area contributed by atoms with Gasteiger partial charge in [-0.1, -0.05) is 0 Å². The molecule has 0 radical (unpaired) electrons. The third kappa shape index (κ3) is 12.6. The molecular formula is C31H45F3N4O5. The number of H-pyrrole nitrogens is 1. The Morgan fingerprint density at radius 1 is 0.930 bits per heavy atom.